The number of hydrogen-bond acceptors (Lipinski definition) is 2. The molecule has 0 aromatic heterocycles. The van der Waals surface area contributed by atoms with Crippen LogP contribution < -0.4 is 0 Å². The van der Waals surface area contributed by atoms with Crippen molar-refractivity contribution in [3.05, 3.63) is 0 Å². The van der Waals surface area contributed by atoms with Gasteiger partial charge in [-0.3, -0.25) is 4.79 Å². The molecule has 0 spiro atoms. The van der Waals surface area contributed by atoms with E-state index in [0.29, 0.717) is 29.9 Å². The van der Waals surface area contributed by atoms with Gasteiger partial charge >= 0.3 is 0 Å². The summed E-state index contributed by atoms with van der Waals surface area (Å²) in [6.07, 6.45) is 3.29. The zero-order valence-corrected chi connectivity index (χ0v) is 10.7. The van der Waals surface area contributed by atoms with E-state index in [9.17, 15) is 4.79 Å². The fourth-order valence-corrected chi connectivity index (χ4v) is 2.48. The second-order valence-electron chi connectivity index (χ2n) is 6.47. The Balaban J connectivity index is 1.86. The van der Waals surface area contributed by atoms with E-state index in [1.54, 1.807) is 0 Å². The van der Waals surface area contributed by atoms with Crippen molar-refractivity contribution in [3.8, 4) is 0 Å². The first kappa shape index (κ1) is 11.9. The quantitative estimate of drug-likeness (QED) is 0.721. The highest BCUT2D eigenvalue weighted by atomic mass is 16.5. The van der Waals surface area contributed by atoms with E-state index in [1.165, 1.54) is 0 Å². The van der Waals surface area contributed by atoms with Crippen molar-refractivity contribution in [3.63, 3.8) is 0 Å². The maximum absolute atomic E-state index is 11.9. The molecule has 1 atom stereocenters. The topological polar surface area (TPSA) is 29.5 Å². The van der Waals surface area contributed by atoms with Crippen molar-refractivity contribution in [1.82, 2.24) is 4.90 Å². The van der Waals surface area contributed by atoms with Gasteiger partial charge in [-0.1, -0.05) is 20.8 Å². The smallest absolute Gasteiger partial charge is 0.227 e. The number of carbonyl (C=O) groups excluding carboxylic acids is 1. The average molecular weight is 225 g/mol. The van der Waals surface area contributed by atoms with Gasteiger partial charge in [0.1, 0.15) is 6.73 Å². The maximum atomic E-state index is 11.9. The predicted octanol–water partition coefficient (Wildman–Crippen LogP) is 2.27. The summed E-state index contributed by atoms with van der Waals surface area (Å²) in [6, 6.07) is 0. The van der Waals surface area contributed by atoms with E-state index in [1.807, 2.05) is 4.90 Å². The first-order valence-corrected chi connectivity index (χ1v) is 6.32. The summed E-state index contributed by atoms with van der Waals surface area (Å²) in [4.78, 5) is 13.8. The number of amides is 1. The highest BCUT2D eigenvalue weighted by molar-refractivity contribution is 5.81. The van der Waals surface area contributed by atoms with Gasteiger partial charge in [0, 0.05) is 18.4 Å². The van der Waals surface area contributed by atoms with Crippen LogP contribution in [0.3, 0.4) is 0 Å². The molecule has 0 aromatic carbocycles. The molecule has 1 aliphatic carbocycles. The summed E-state index contributed by atoms with van der Waals surface area (Å²) in [5.74, 6) is 1.15. The monoisotopic (exact) mass is 225 g/mol. The third-order valence-electron chi connectivity index (χ3n) is 3.22. The van der Waals surface area contributed by atoms with Gasteiger partial charge in [-0.2, -0.15) is 0 Å². The van der Waals surface area contributed by atoms with E-state index in [2.05, 4.69) is 20.8 Å². The molecule has 0 aromatic rings. The summed E-state index contributed by atoms with van der Waals surface area (Å²) in [6.45, 7) is 8.95. The number of hydrogen-bond donors (Lipinski definition) is 0. The highest BCUT2D eigenvalue weighted by Gasteiger charge is 2.36. The fraction of sp³-hybridized carbons (Fsp3) is 0.923. The molecule has 1 aliphatic heterocycles. The van der Waals surface area contributed by atoms with Gasteiger partial charge in [0.2, 0.25) is 5.91 Å². The van der Waals surface area contributed by atoms with E-state index in [4.69, 9.17) is 4.74 Å². The zero-order chi connectivity index (χ0) is 11.8. The summed E-state index contributed by atoms with van der Waals surface area (Å²) < 4.78 is 5.54. The predicted molar refractivity (Wildman–Crippen MR) is 62.8 cm³/mol. The van der Waals surface area contributed by atoms with Crippen LogP contribution >= 0.6 is 0 Å². The molecule has 1 saturated carbocycles. The van der Waals surface area contributed by atoms with Crippen LogP contribution in [0.5, 0.6) is 0 Å². The molecule has 1 amide bonds. The largest absolute Gasteiger partial charge is 0.361 e. The number of rotatable bonds is 2. The molecule has 2 aliphatic rings. The van der Waals surface area contributed by atoms with Gasteiger partial charge in [0.15, 0.2) is 0 Å². The molecule has 2 fully saturated rings. The Morgan fingerprint density at radius 1 is 1.38 bits per heavy atom. The van der Waals surface area contributed by atoms with E-state index >= 15 is 0 Å². The van der Waals surface area contributed by atoms with Gasteiger partial charge in [-0.25, -0.2) is 0 Å². The second kappa shape index (κ2) is 4.36. The summed E-state index contributed by atoms with van der Waals surface area (Å²) in [7, 11) is 0. The molecule has 1 saturated heterocycles. The van der Waals surface area contributed by atoms with Gasteiger partial charge in [-0.15, -0.1) is 0 Å². The molecule has 92 valence electrons. The Morgan fingerprint density at radius 2 is 2.06 bits per heavy atom. The number of carbonyl (C=O) groups is 1. The van der Waals surface area contributed by atoms with Crippen molar-refractivity contribution in [2.24, 2.45) is 17.3 Å². The van der Waals surface area contributed by atoms with Crippen molar-refractivity contribution in [2.75, 3.05) is 19.9 Å². The summed E-state index contributed by atoms with van der Waals surface area (Å²) in [5, 5.41) is 0. The van der Waals surface area contributed by atoms with E-state index in [0.717, 1.165) is 32.4 Å². The Kier molecular flexibility index (Phi) is 3.24. The SMILES string of the molecule is CC(C)(C)C[C@@H]1COCN(C(=O)C2CC2)C1. The lowest BCUT2D eigenvalue weighted by Gasteiger charge is -2.35. The molecule has 0 radical (unpaired) electrons. The van der Waals surface area contributed by atoms with Gasteiger partial charge in [0.05, 0.1) is 6.61 Å². The van der Waals surface area contributed by atoms with Crippen LogP contribution in [-0.4, -0.2) is 30.7 Å². The minimum atomic E-state index is 0.317. The molecule has 0 unspecified atom stereocenters. The highest BCUT2D eigenvalue weighted by Crippen LogP contribution is 2.33. The van der Waals surface area contributed by atoms with Crippen molar-refractivity contribution in [1.29, 1.82) is 0 Å². The fourth-order valence-electron chi connectivity index (χ4n) is 2.48. The van der Waals surface area contributed by atoms with Crippen molar-refractivity contribution in [2.45, 2.75) is 40.0 Å². The van der Waals surface area contributed by atoms with E-state index in [-0.39, 0.29) is 0 Å². The van der Waals surface area contributed by atoms with Gasteiger partial charge in [0.25, 0.3) is 0 Å². The Hall–Kier alpha value is -0.570. The maximum Gasteiger partial charge on any atom is 0.227 e. The summed E-state index contributed by atoms with van der Waals surface area (Å²) in [5.41, 5.74) is 0.319. The number of nitrogens with zero attached hydrogens (tertiary/aromatic N) is 1. The van der Waals surface area contributed by atoms with Gasteiger partial charge in [-0.05, 0) is 24.7 Å². The molecule has 0 bridgehead atoms. The van der Waals surface area contributed by atoms with Crippen LogP contribution in [0.2, 0.25) is 0 Å². The summed E-state index contributed by atoms with van der Waals surface area (Å²) >= 11 is 0. The van der Waals surface area contributed by atoms with Crippen LogP contribution in [0, 0.1) is 17.3 Å². The standard InChI is InChI=1S/C13H23NO2/c1-13(2,3)6-10-7-14(9-16-8-10)12(15)11-4-5-11/h10-11H,4-9H2,1-3H3/t10-/m0/s1. The molecular weight excluding hydrogens is 202 g/mol. The van der Waals surface area contributed by atoms with Gasteiger partial charge < -0.3 is 9.64 Å². The van der Waals surface area contributed by atoms with E-state index < -0.39 is 0 Å². The minimum Gasteiger partial charge on any atom is -0.361 e. The van der Waals surface area contributed by atoms with Crippen molar-refractivity contribution >= 4 is 5.91 Å². The van der Waals surface area contributed by atoms with Crippen molar-refractivity contribution < 1.29 is 9.53 Å². The lowest BCUT2D eigenvalue weighted by Crippen LogP contribution is -2.44. The number of ether oxygens (including phenoxy) is 1. The molecule has 0 N–H and O–H groups in total. The first-order chi connectivity index (χ1) is 7.46. The molecular formula is C13H23NO2. The second-order valence-corrected chi connectivity index (χ2v) is 6.47. The third kappa shape index (κ3) is 3.21. The third-order valence-corrected chi connectivity index (χ3v) is 3.22. The molecule has 2 rings (SSSR count). The molecule has 3 nitrogen and oxygen atoms in total. The molecule has 16 heavy (non-hydrogen) atoms. The van der Waals surface area contributed by atoms with Crippen LogP contribution in [0.1, 0.15) is 40.0 Å². The molecule has 1 heterocycles. The Bertz CT molecular complexity index is 266. The molecule has 3 heteroatoms. The lowest BCUT2D eigenvalue weighted by atomic mass is 9.84. The van der Waals surface area contributed by atoms with Crippen LogP contribution in [0.4, 0.5) is 0 Å². The average Bonchev–Trinajstić information content (AvgIpc) is 2.97. The zero-order valence-electron chi connectivity index (χ0n) is 10.7. The van der Waals surface area contributed by atoms with Crippen LogP contribution in [-0.2, 0) is 9.53 Å². The van der Waals surface area contributed by atoms with Crippen LogP contribution in [0.25, 0.3) is 0 Å². The lowest BCUT2D eigenvalue weighted by molar-refractivity contribution is -0.146. The van der Waals surface area contributed by atoms with Crippen LogP contribution in [0.15, 0.2) is 0 Å². The first-order valence-electron chi connectivity index (χ1n) is 6.32. The Morgan fingerprint density at radius 3 is 2.62 bits per heavy atom. The Labute approximate surface area is 98.1 Å². The minimum absolute atomic E-state index is 0.317. The normalized spacial score (nSPS) is 26.9.